The Kier molecular flexibility index (Phi) is 5.58. The van der Waals surface area contributed by atoms with Crippen LogP contribution in [0, 0.1) is 11.6 Å². The minimum Gasteiger partial charge on any atom is -0.310 e. The number of aromatic nitrogens is 1. The van der Waals surface area contributed by atoms with Gasteiger partial charge in [0.05, 0.1) is 0 Å². The molecule has 2 heterocycles. The van der Waals surface area contributed by atoms with Crippen LogP contribution in [0.1, 0.15) is 24.0 Å². The third kappa shape index (κ3) is 4.52. The molecule has 0 spiro atoms. The van der Waals surface area contributed by atoms with E-state index in [-0.39, 0.29) is 11.6 Å². The highest BCUT2D eigenvalue weighted by atomic mass is 19.1. The molecule has 1 N–H and O–H groups in total. The van der Waals surface area contributed by atoms with Gasteiger partial charge in [0.2, 0.25) is 0 Å². The van der Waals surface area contributed by atoms with Crippen molar-refractivity contribution < 1.29 is 8.78 Å². The Bertz CT molecular complexity index is 963. The second kappa shape index (κ2) is 8.44. The summed E-state index contributed by atoms with van der Waals surface area (Å²) in [6, 6.07) is 15.7. The van der Waals surface area contributed by atoms with Crippen molar-refractivity contribution in [1.82, 2.24) is 10.3 Å². The summed E-state index contributed by atoms with van der Waals surface area (Å²) < 4.78 is 26.3. The number of hydrogen-bond donors (Lipinski definition) is 1. The second-order valence-electron chi connectivity index (χ2n) is 7.17. The maximum Gasteiger partial charge on any atom is 0.123 e. The predicted octanol–water partition coefficient (Wildman–Crippen LogP) is 5.40. The van der Waals surface area contributed by atoms with Crippen molar-refractivity contribution in [1.29, 1.82) is 0 Å². The lowest BCUT2D eigenvalue weighted by Gasteiger charge is -2.24. The average Bonchev–Trinajstić information content (AvgIpc) is 2.74. The fourth-order valence-corrected chi connectivity index (χ4v) is 3.64. The molecule has 1 aromatic heterocycles. The molecular formula is C24H22F2N2. The molecule has 2 aromatic carbocycles. The Labute approximate surface area is 164 Å². The van der Waals surface area contributed by atoms with E-state index >= 15 is 0 Å². The Balaban J connectivity index is 1.39. The van der Waals surface area contributed by atoms with E-state index in [0.29, 0.717) is 6.04 Å². The van der Waals surface area contributed by atoms with Crippen molar-refractivity contribution in [2.24, 2.45) is 0 Å². The van der Waals surface area contributed by atoms with Gasteiger partial charge in [-0.25, -0.2) is 8.78 Å². The van der Waals surface area contributed by atoms with E-state index in [2.05, 4.69) is 22.4 Å². The van der Waals surface area contributed by atoms with Crippen molar-refractivity contribution in [3.63, 3.8) is 0 Å². The summed E-state index contributed by atoms with van der Waals surface area (Å²) >= 11 is 0. The predicted molar refractivity (Wildman–Crippen MR) is 109 cm³/mol. The topological polar surface area (TPSA) is 24.9 Å². The van der Waals surface area contributed by atoms with Crippen LogP contribution in [0.25, 0.3) is 16.7 Å². The van der Waals surface area contributed by atoms with Gasteiger partial charge in [-0.15, -0.1) is 0 Å². The molecule has 142 valence electrons. The first-order chi connectivity index (χ1) is 13.7. The fourth-order valence-electron chi connectivity index (χ4n) is 3.64. The molecule has 1 unspecified atom stereocenters. The minimum atomic E-state index is -0.235. The van der Waals surface area contributed by atoms with Crippen LogP contribution in [0.5, 0.6) is 0 Å². The zero-order valence-electron chi connectivity index (χ0n) is 15.5. The third-order valence-corrected chi connectivity index (χ3v) is 5.19. The molecular weight excluding hydrogens is 354 g/mol. The quantitative estimate of drug-likeness (QED) is 0.644. The molecule has 1 atom stereocenters. The van der Waals surface area contributed by atoms with Crippen LogP contribution in [0.2, 0.25) is 0 Å². The smallest absolute Gasteiger partial charge is 0.123 e. The minimum absolute atomic E-state index is 0.205. The van der Waals surface area contributed by atoms with Crippen LogP contribution < -0.4 is 5.32 Å². The fraction of sp³-hybridized carbons (Fsp3) is 0.208. The van der Waals surface area contributed by atoms with E-state index < -0.39 is 0 Å². The first-order valence-corrected chi connectivity index (χ1v) is 9.55. The summed E-state index contributed by atoms with van der Waals surface area (Å²) in [4.78, 5) is 4.36. The van der Waals surface area contributed by atoms with Gasteiger partial charge in [0.25, 0.3) is 0 Å². The number of benzene rings is 2. The molecule has 1 aliphatic rings. The molecule has 28 heavy (non-hydrogen) atoms. The lowest BCUT2D eigenvalue weighted by atomic mass is 9.92. The number of pyridine rings is 1. The second-order valence-corrected chi connectivity index (χ2v) is 7.17. The summed E-state index contributed by atoms with van der Waals surface area (Å²) in [7, 11) is 0. The Morgan fingerprint density at radius 2 is 1.54 bits per heavy atom. The maximum atomic E-state index is 13.2. The highest BCUT2D eigenvalue weighted by molar-refractivity contribution is 5.67. The van der Waals surface area contributed by atoms with Crippen molar-refractivity contribution in [2.75, 3.05) is 6.54 Å². The van der Waals surface area contributed by atoms with Gasteiger partial charge in [-0.2, -0.15) is 0 Å². The molecule has 0 radical (unpaired) electrons. The van der Waals surface area contributed by atoms with Crippen LogP contribution in [0.3, 0.4) is 0 Å². The van der Waals surface area contributed by atoms with E-state index in [0.717, 1.165) is 42.5 Å². The van der Waals surface area contributed by atoms with Gasteiger partial charge in [-0.05, 0) is 71.9 Å². The summed E-state index contributed by atoms with van der Waals surface area (Å²) in [6.07, 6.45) is 8.72. The monoisotopic (exact) mass is 376 g/mol. The highest BCUT2D eigenvalue weighted by Crippen LogP contribution is 2.25. The zero-order chi connectivity index (χ0) is 19.3. The standard InChI is InChI=1S/C24H22F2N2/c25-22-6-2-18(3-7-22)20-11-12-28-24(14-20)10-1-17-13-21(16-27-15-17)19-4-8-23(26)9-5-19/h2-9,11,13,15-16,24,28H,1,10,12,14H2. The SMILES string of the molecule is Fc1ccc(C2=CCNC(CCc3cncc(-c4ccc(F)cc4)c3)C2)cc1. The summed E-state index contributed by atoms with van der Waals surface area (Å²) in [5.74, 6) is -0.440. The van der Waals surface area contributed by atoms with E-state index in [9.17, 15) is 8.78 Å². The normalized spacial score (nSPS) is 16.6. The number of aryl methyl sites for hydroxylation is 1. The molecule has 0 saturated carbocycles. The van der Waals surface area contributed by atoms with Gasteiger partial charge >= 0.3 is 0 Å². The number of hydrogen-bond acceptors (Lipinski definition) is 2. The van der Waals surface area contributed by atoms with Crippen molar-refractivity contribution >= 4 is 5.57 Å². The molecule has 3 aromatic rings. The van der Waals surface area contributed by atoms with Crippen LogP contribution in [0.4, 0.5) is 8.78 Å². The van der Waals surface area contributed by atoms with Crippen molar-refractivity contribution in [2.45, 2.75) is 25.3 Å². The highest BCUT2D eigenvalue weighted by Gasteiger charge is 2.16. The van der Waals surface area contributed by atoms with Crippen LogP contribution >= 0.6 is 0 Å². The van der Waals surface area contributed by atoms with Crippen LogP contribution in [0.15, 0.2) is 73.1 Å². The first kappa shape index (κ1) is 18.5. The Hall–Kier alpha value is -2.85. The molecule has 4 rings (SSSR count). The van der Waals surface area contributed by atoms with Crippen LogP contribution in [-0.4, -0.2) is 17.6 Å². The molecule has 2 nitrogen and oxygen atoms in total. The summed E-state index contributed by atoms with van der Waals surface area (Å²) in [5, 5.41) is 3.54. The first-order valence-electron chi connectivity index (χ1n) is 9.55. The Morgan fingerprint density at radius 1 is 0.857 bits per heavy atom. The lowest BCUT2D eigenvalue weighted by Crippen LogP contribution is -2.33. The van der Waals surface area contributed by atoms with Gasteiger partial charge in [0.1, 0.15) is 11.6 Å². The molecule has 4 heteroatoms. The molecule has 0 bridgehead atoms. The summed E-state index contributed by atoms with van der Waals surface area (Å²) in [6.45, 7) is 0.825. The van der Waals surface area contributed by atoms with Crippen molar-refractivity contribution in [3.05, 3.63) is 95.8 Å². The molecule has 0 fully saturated rings. The number of nitrogens with zero attached hydrogens (tertiary/aromatic N) is 1. The van der Waals surface area contributed by atoms with Gasteiger partial charge in [0, 0.05) is 30.5 Å². The van der Waals surface area contributed by atoms with Gasteiger partial charge in [-0.3, -0.25) is 4.98 Å². The molecule has 0 aliphatic carbocycles. The lowest BCUT2D eigenvalue weighted by molar-refractivity contribution is 0.501. The maximum absolute atomic E-state index is 13.2. The number of nitrogens with one attached hydrogen (secondary N) is 1. The largest absolute Gasteiger partial charge is 0.310 e. The number of halogens is 2. The molecule has 1 aliphatic heterocycles. The number of rotatable bonds is 5. The summed E-state index contributed by atoms with van der Waals surface area (Å²) in [5.41, 5.74) is 5.49. The van der Waals surface area contributed by atoms with Gasteiger partial charge < -0.3 is 5.32 Å². The van der Waals surface area contributed by atoms with Gasteiger partial charge in [0.15, 0.2) is 0 Å². The zero-order valence-corrected chi connectivity index (χ0v) is 15.5. The van der Waals surface area contributed by atoms with Gasteiger partial charge in [-0.1, -0.05) is 30.3 Å². The van der Waals surface area contributed by atoms with E-state index in [1.165, 1.54) is 35.4 Å². The van der Waals surface area contributed by atoms with E-state index in [4.69, 9.17) is 0 Å². The molecule has 0 amide bonds. The average molecular weight is 376 g/mol. The van der Waals surface area contributed by atoms with E-state index in [1.807, 2.05) is 24.5 Å². The van der Waals surface area contributed by atoms with Crippen molar-refractivity contribution in [3.8, 4) is 11.1 Å². The van der Waals surface area contributed by atoms with E-state index in [1.54, 1.807) is 12.1 Å². The third-order valence-electron chi connectivity index (χ3n) is 5.19. The Morgan fingerprint density at radius 3 is 2.25 bits per heavy atom. The van der Waals surface area contributed by atoms with Crippen LogP contribution in [-0.2, 0) is 6.42 Å². The molecule has 0 saturated heterocycles.